The van der Waals surface area contributed by atoms with Gasteiger partial charge in [-0.15, -0.1) is 0 Å². The van der Waals surface area contributed by atoms with E-state index in [2.05, 4.69) is 5.10 Å². The van der Waals surface area contributed by atoms with Crippen molar-refractivity contribution < 1.29 is 9.59 Å². The molecule has 120 valence electrons. The van der Waals surface area contributed by atoms with Crippen LogP contribution in [0.4, 0.5) is 0 Å². The van der Waals surface area contributed by atoms with Gasteiger partial charge in [0.25, 0.3) is 0 Å². The number of amides is 2. The molecule has 1 atom stereocenters. The number of likely N-dealkylation sites (tertiary alicyclic amines) is 1. The number of aryl methyl sites for hydroxylation is 1. The summed E-state index contributed by atoms with van der Waals surface area (Å²) in [7, 11) is 1.54. The van der Waals surface area contributed by atoms with Gasteiger partial charge in [-0.25, -0.2) is 4.68 Å². The molecule has 0 spiro atoms. The summed E-state index contributed by atoms with van der Waals surface area (Å²) >= 11 is 0. The Kier molecular flexibility index (Phi) is 3.23. The Labute approximate surface area is 139 Å². The van der Waals surface area contributed by atoms with Gasteiger partial charge in [-0.05, 0) is 24.6 Å². The van der Waals surface area contributed by atoms with Crippen LogP contribution in [0.3, 0.4) is 0 Å². The molecule has 2 amide bonds. The fourth-order valence-corrected chi connectivity index (χ4v) is 3.25. The monoisotopic (exact) mass is 319 g/mol. The summed E-state index contributed by atoms with van der Waals surface area (Å²) in [4.78, 5) is 25.6. The number of carbonyl (C=O) groups excluding carboxylic acids is 2. The molecule has 0 radical (unpaired) electrons. The zero-order chi connectivity index (χ0) is 16.8. The number of benzene rings is 2. The van der Waals surface area contributed by atoms with Gasteiger partial charge >= 0.3 is 0 Å². The van der Waals surface area contributed by atoms with E-state index in [1.807, 2.05) is 55.6 Å². The molecule has 5 nitrogen and oxygen atoms in total. The van der Waals surface area contributed by atoms with Crippen LogP contribution >= 0.6 is 0 Å². The largest absolute Gasteiger partial charge is 0.285 e. The number of likely N-dealkylation sites (N-methyl/N-ethyl adjacent to an activating group) is 1. The Balaban J connectivity index is 1.87. The van der Waals surface area contributed by atoms with Gasteiger partial charge in [-0.1, -0.05) is 35.9 Å². The number of nitrogens with zero attached hydrogens (tertiary/aromatic N) is 3. The summed E-state index contributed by atoms with van der Waals surface area (Å²) in [6.45, 7) is 1.98. The standard InChI is InChI=1S/C19H17N3O2/c1-12-7-8-17(22-11-13-5-3-4-6-16(13)20-22)14(9-12)15-10-18(23)21(2)19(15)24/h3-9,11,15H,10H2,1-2H3. The van der Waals surface area contributed by atoms with Crippen LogP contribution in [0.2, 0.25) is 0 Å². The second-order valence-corrected chi connectivity index (χ2v) is 6.24. The van der Waals surface area contributed by atoms with Crippen LogP contribution in [0.25, 0.3) is 16.6 Å². The van der Waals surface area contributed by atoms with Crippen molar-refractivity contribution >= 4 is 22.7 Å². The fraction of sp³-hybridized carbons (Fsp3) is 0.211. The lowest BCUT2D eigenvalue weighted by Gasteiger charge is -2.15. The van der Waals surface area contributed by atoms with Crippen LogP contribution in [-0.2, 0) is 9.59 Å². The van der Waals surface area contributed by atoms with E-state index in [1.165, 1.54) is 4.90 Å². The lowest BCUT2D eigenvalue weighted by atomic mass is 9.94. The van der Waals surface area contributed by atoms with Crippen molar-refractivity contribution in [3.05, 3.63) is 59.8 Å². The SMILES string of the molecule is Cc1ccc(-n2cc3ccccc3n2)c(C2CC(=O)N(C)C2=O)c1. The van der Waals surface area contributed by atoms with Crippen LogP contribution in [0.1, 0.15) is 23.5 Å². The van der Waals surface area contributed by atoms with Crippen molar-refractivity contribution in [2.75, 3.05) is 7.05 Å². The van der Waals surface area contributed by atoms with E-state index in [1.54, 1.807) is 11.7 Å². The second kappa shape index (κ2) is 5.30. The first-order valence-electron chi connectivity index (χ1n) is 7.90. The number of hydrogen-bond acceptors (Lipinski definition) is 3. The maximum atomic E-state index is 12.5. The minimum atomic E-state index is -0.440. The number of fused-ring (bicyclic) bond motifs is 1. The molecule has 1 aliphatic heterocycles. The number of hydrogen-bond donors (Lipinski definition) is 0. The molecule has 1 saturated heterocycles. The van der Waals surface area contributed by atoms with Crippen molar-refractivity contribution in [2.24, 2.45) is 0 Å². The van der Waals surface area contributed by atoms with Crippen LogP contribution in [0.15, 0.2) is 48.7 Å². The predicted molar refractivity (Wildman–Crippen MR) is 90.9 cm³/mol. The first-order chi connectivity index (χ1) is 11.5. The second-order valence-electron chi connectivity index (χ2n) is 6.24. The molecule has 0 saturated carbocycles. The van der Waals surface area contributed by atoms with E-state index in [0.717, 1.165) is 27.7 Å². The Morgan fingerprint density at radius 1 is 1.12 bits per heavy atom. The molecule has 1 unspecified atom stereocenters. The highest BCUT2D eigenvalue weighted by Gasteiger charge is 2.38. The molecular formula is C19H17N3O2. The Hall–Kier alpha value is -2.95. The van der Waals surface area contributed by atoms with Gasteiger partial charge in [0.1, 0.15) is 0 Å². The van der Waals surface area contributed by atoms with Crippen LogP contribution in [0.5, 0.6) is 0 Å². The zero-order valence-electron chi connectivity index (χ0n) is 13.6. The molecule has 3 aromatic rings. The van der Waals surface area contributed by atoms with Crippen LogP contribution in [-0.4, -0.2) is 33.5 Å². The third-order valence-corrected chi connectivity index (χ3v) is 4.60. The van der Waals surface area contributed by atoms with E-state index < -0.39 is 5.92 Å². The van der Waals surface area contributed by atoms with Gasteiger partial charge < -0.3 is 0 Å². The number of carbonyl (C=O) groups is 2. The summed E-state index contributed by atoms with van der Waals surface area (Å²) in [5, 5.41) is 5.65. The quantitative estimate of drug-likeness (QED) is 0.683. The summed E-state index contributed by atoms with van der Waals surface area (Å²) in [5.41, 5.74) is 3.65. The normalized spacial score (nSPS) is 17.9. The molecule has 0 bridgehead atoms. The summed E-state index contributed by atoms with van der Waals surface area (Å²) < 4.78 is 1.80. The Morgan fingerprint density at radius 3 is 2.62 bits per heavy atom. The van der Waals surface area contributed by atoms with E-state index in [-0.39, 0.29) is 18.2 Å². The van der Waals surface area contributed by atoms with E-state index in [9.17, 15) is 9.59 Å². The zero-order valence-corrected chi connectivity index (χ0v) is 13.6. The molecule has 5 heteroatoms. The highest BCUT2D eigenvalue weighted by Crippen LogP contribution is 2.33. The molecule has 24 heavy (non-hydrogen) atoms. The van der Waals surface area contributed by atoms with Gasteiger partial charge in [0.2, 0.25) is 11.8 Å². The summed E-state index contributed by atoms with van der Waals surface area (Å²) in [5.74, 6) is -0.726. The molecule has 0 N–H and O–H groups in total. The van der Waals surface area contributed by atoms with E-state index in [0.29, 0.717) is 0 Å². The average Bonchev–Trinajstić information content (AvgIpc) is 3.11. The lowest BCUT2D eigenvalue weighted by molar-refractivity contribution is -0.137. The molecular weight excluding hydrogens is 302 g/mol. The predicted octanol–water partition coefficient (Wildman–Crippen LogP) is 2.81. The van der Waals surface area contributed by atoms with Crippen molar-refractivity contribution in [3.8, 4) is 5.69 Å². The maximum Gasteiger partial charge on any atom is 0.237 e. The highest BCUT2D eigenvalue weighted by atomic mass is 16.2. The first kappa shape index (κ1) is 14.6. The van der Waals surface area contributed by atoms with Gasteiger partial charge in [0.05, 0.1) is 17.1 Å². The van der Waals surface area contributed by atoms with Gasteiger partial charge in [-0.2, -0.15) is 5.10 Å². The van der Waals surface area contributed by atoms with Crippen LogP contribution in [0, 0.1) is 6.92 Å². The summed E-state index contributed by atoms with van der Waals surface area (Å²) in [6, 6.07) is 13.8. The van der Waals surface area contributed by atoms with Gasteiger partial charge in [0, 0.05) is 25.1 Å². The van der Waals surface area contributed by atoms with Crippen molar-refractivity contribution in [2.45, 2.75) is 19.3 Å². The van der Waals surface area contributed by atoms with Crippen LogP contribution < -0.4 is 0 Å². The number of rotatable bonds is 2. The van der Waals surface area contributed by atoms with E-state index in [4.69, 9.17) is 0 Å². The molecule has 1 fully saturated rings. The van der Waals surface area contributed by atoms with Gasteiger partial charge in [-0.3, -0.25) is 14.5 Å². The molecule has 2 heterocycles. The van der Waals surface area contributed by atoms with Crippen molar-refractivity contribution in [3.63, 3.8) is 0 Å². The third-order valence-electron chi connectivity index (χ3n) is 4.60. The number of aromatic nitrogens is 2. The minimum Gasteiger partial charge on any atom is -0.285 e. The summed E-state index contributed by atoms with van der Waals surface area (Å²) in [6.07, 6.45) is 2.17. The molecule has 4 rings (SSSR count). The lowest BCUT2D eigenvalue weighted by Crippen LogP contribution is -2.25. The van der Waals surface area contributed by atoms with Crippen molar-refractivity contribution in [1.82, 2.24) is 14.7 Å². The highest BCUT2D eigenvalue weighted by molar-refractivity contribution is 6.06. The molecule has 1 aliphatic rings. The van der Waals surface area contributed by atoms with E-state index >= 15 is 0 Å². The minimum absolute atomic E-state index is 0.136. The topological polar surface area (TPSA) is 55.2 Å². The molecule has 1 aromatic heterocycles. The Bertz CT molecular complexity index is 941. The third kappa shape index (κ3) is 2.21. The maximum absolute atomic E-state index is 12.5. The molecule has 2 aromatic carbocycles. The van der Waals surface area contributed by atoms with Gasteiger partial charge in [0.15, 0.2) is 0 Å². The average molecular weight is 319 g/mol. The smallest absolute Gasteiger partial charge is 0.237 e. The van der Waals surface area contributed by atoms with Crippen molar-refractivity contribution in [1.29, 1.82) is 0 Å². The Morgan fingerprint density at radius 2 is 1.92 bits per heavy atom. The fourth-order valence-electron chi connectivity index (χ4n) is 3.25. The molecule has 0 aliphatic carbocycles. The first-order valence-corrected chi connectivity index (χ1v) is 7.90. The number of imide groups is 1.